The smallest absolute Gasteiger partial charge is 0.199 e. The van der Waals surface area contributed by atoms with Crippen LogP contribution in [0.4, 0.5) is 11.4 Å². The predicted molar refractivity (Wildman–Crippen MR) is 101 cm³/mol. The summed E-state index contributed by atoms with van der Waals surface area (Å²) in [6, 6.07) is 5.28. The van der Waals surface area contributed by atoms with Crippen molar-refractivity contribution in [2.45, 2.75) is 25.8 Å². The Labute approximate surface area is 143 Å². The van der Waals surface area contributed by atoms with Crippen LogP contribution in [-0.4, -0.2) is 36.7 Å². The van der Waals surface area contributed by atoms with Crippen LogP contribution in [0, 0.1) is 5.41 Å². The first-order valence-electron chi connectivity index (χ1n) is 7.55. The minimum absolute atomic E-state index is 0.143. The molecule has 5 N–H and O–H groups in total. The summed E-state index contributed by atoms with van der Waals surface area (Å²) >= 11 is 0. The van der Waals surface area contributed by atoms with Gasteiger partial charge in [0.25, 0.3) is 0 Å². The molecule has 0 saturated heterocycles. The minimum atomic E-state index is 0.143. The SMILES string of the molecule is C=C(CCC(C)[N+](=C)OC)C(=C)C(N)=Nc1ccc(N)c(C=N)c1. The number of nitrogens with one attached hydrogen (secondary N) is 1. The predicted octanol–water partition coefficient (Wildman–Crippen LogP) is 2.81. The number of nitrogens with two attached hydrogens (primary N) is 2. The van der Waals surface area contributed by atoms with E-state index in [4.69, 9.17) is 21.7 Å². The van der Waals surface area contributed by atoms with Crippen LogP contribution >= 0.6 is 0 Å². The number of nitrogen functional groups attached to an aromatic ring is 1. The third kappa shape index (κ3) is 5.08. The van der Waals surface area contributed by atoms with E-state index in [0.717, 1.165) is 12.0 Å². The van der Waals surface area contributed by atoms with Crippen LogP contribution < -0.4 is 11.5 Å². The van der Waals surface area contributed by atoms with Gasteiger partial charge in [-0.1, -0.05) is 13.2 Å². The molecule has 0 amide bonds. The van der Waals surface area contributed by atoms with E-state index in [-0.39, 0.29) is 6.04 Å². The molecule has 0 fully saturated rings. The summed E-state index contributed by atoms with van der Waals surface area (Å²) in [4.78, 5) is 9.39. The molecular formula is C18H26N5O+. The minimum Gasteiger partial charge on any atom is -0.398 e. The van der Waals surface area contributed by atoms with Gasteiger partial charge in [-0.15, -0.1) is 0 Å². The third-order valence-electron chi connectivity index (χ3n) is 3.80. The van der Waals surface area contributed by atoms with Gasteiger partial charge in [-0.25, -0.2) is 4.99 Å². The third-order valence-corrected chi connectivity index (χ3v) is 3.80. The van der Waals surface area contributed by atoms with Crippen molar-refractivity contribution in [3.8, 4) is 0 Å². The number of rotatable bonds is 9. The van der Waals surface area contributed by atoms with E-state index in [1.165, 1.54) is 6.21 Å². The van der Waals surface area contributed by atoms with Crippen molar-refractivity contribution in [1.82, 2.24) is 0 Å². The quantitative estimate of drug-likeness (QED) is 0.162. The summed E-state index contributed by atoms with van der Waals surface area (Å²) < 4.78 is 1.54. The molecular weight excluding hydrogens is 302 g/mol. The Kier molecular flexibility index (Phi) is 6.92. The topological polar surface area (TPSA) is 100 Å². The fourth-order valence-corrected chi connectivity index (χ4v) is 2.00. The Bertz CT molecular complexity index is 691. The van der Waals surface area contributed by atoms with Gasteiger partial charge in [-0.05, 0) is 34.9 Å². The highest BCUT2D eigenvalue weighted by Gasteiger charge is 2.15. The van der Waals surface area contributed by atoms with Crippen LogP contribution in [0.15, 0.2) is 47.5 Å². The molecule has 0 radical (unpaired) electrons. The zero-order valence-corrected chi connectivity index (χ0v) is 14.4. The molecule has 24 heavy (non-hydrogen) atoms. The number of nitrogens with zero attached hydrogens (tertiary/aromatic N) is 2. The second kappa shape index (κ2) is 8.67. The first-order valence-corrected chi connectivity index (χ1v) is 7.55. The zero-order chi connectivity index (χ0) is 18.3. The Hall–Kier alpha value is -2.89. The van der Waals surface area contributed by atoms with Gasteiger partial charge in [0.15, 0.2) is 12.8 Å². The lowest BCUT2D eigenvalue weighted by molar-refractivity contribution is -0.796. The van der Waals surface area contributed by atoms with Crippen molar-refractivity contribution in [1.29, 1.82) is 5.41 Å². The van der Waals surface area contributed by atoms with Crippen molar-refractivity contribution in [3.63, 3.8) is 0 Å². The van der Waals surface area contributed by atoms with Crippen LogP contribution in [0.25, 0.3) is 0 Å². The van der Waals surface area contributed by atoms with Gasteiger partial charge in [0.2, 0.25) is 0 Å². The molecule has 1 aromatic carbocycles. The van der Waals surface area contributed by atoms with E-state index < -0.39 is 0 Å². The molecule has 0 heterocycles. The summed E-state index contributed by atoms with van der Waals surface area (Å²) in [6.45, 7) is 13.8. The van der Waals surface area contributed by atoms with Crippen molar-refractivity contribution < 1.29 is 9.58 Å². The Morgan fingerprint density at radius 1 is 1.46 bits per heavy atom. The fraction of sp³-hybridized carbons (Fsp3) is 0.278. The van der Waals surface area contributed by atoms with Gasteiger partial charge < -0.3 is 16.9 Å². The maximum atomic E-state index is 7.33. The maximum absolute atomic E-state index is 7.33. The number of anilines is 1. The second-order valence-corrected chi connectivity index (χ2v) is 5.52. The number of hydrogen-bond acceptors (Lipinski definition) is 4. The molecule has 6 heteroatoms. The zero-order valence-electron chi connectivity index (χ0n) is 14.4. The van der Waals surface area contributed by atoms with Gasteiger partial charge in [-0.3, -0.25) is 4.84 Å². The number of benzene rings is 1. The molecule has 0 aromatic heterocycles. The summed E-state index contributed by atoms with van der Waals surface area (Å²) in [6.07, 6.45) is 2.70. The van der Waals surface area contributed by atoms with Crippen LogP contribution in [0.2, 0.25) is 0 Å². The normalized spacial score (nSPS) is 12.3. The number of amidine groups is 1. The molecule has 0 saturated carbocycles. The highest BCUT2D eigenvalue weighted by molar-refractivity contribution is 6.02. The molecule has 0 bridgehead atoms. The first-order chi connectivity index (χ1) is 11.3. The lowest BCUT2D eigenvalue weighted by atomic mass is 10.0. The van der Waals surface area contributed by atoms with Crippen molar-refractivity contribution >= 4 is 30.1 Å². The van der Waals surface area contributed by atoms with Crippen molar-refractivity contribution in [3.05, 3.63) is 48.1 Å². The first kappa shape index (κ1) is 19.2. The van der Waals surface area contributed by atoms with Gasteiger partial charge in [-0.2, -0.15) is 0 Å². The lowest BCUT2D eigenvalue weighted by Crippen LogP contribution is -2.21. The Morgan fingerprint density at radius 2 is 2.12 bits per heavy atom. The van der Waals surface area contributed by atoms with Crippen LogP contribution in [0.5, 0.6) is 0 Å². The van der Waals surface area contributed by atoms with E-state index in [2.05, 4.69) is 24.9 Å². The van der Waals surface area contributed by atoms with Crippen LogP contribution in [0.3, 0.4) is 0 Å². The maximum Gasteiger partial charge on any atom is 0.199 e. The highest BCUT2D eigenvalue weighted by atomic mass is 16.7. The molecule has 0 aliphatic heterocycles. The average Bonchev–Trinajstić information content (AvgIpc) is 2.59. The molecule has 1 unspecified atom stereocenters. The Morgan fingerprint density at radius 3 is 2.71 bits per heavy atom. The van der Waals surface area contributed by atoms with E-state index in [1.807, 2.05) is 6.92 Å². The monoisotopic (exact) mass is 328 g/mol. The molecule has 1 atom stereocenters. The van der Waals surface area contributed by atoms with Gasteiger partial charge in [0, 0.05) is 36.4 Å². The summed E-state index contributed by atoms with van der Waals surface area (Å²) in [5.41, 5.74) is 14.9. The molecule has 6 nitrogen and oxygen atoms in total. The molecule has 1 aromatic rings. The largest absolute Gasteiger partial charge is 0.398 e. The molecule has 0 spiro atoms. The van der Waals surface area contributed by atoms with Gasteiger partial charge in [0.1, 0.15) is 12.9 Å². The van der Waals surface area contributed by atoms with E-state index >= 15 is 0 Å². The van der Waals surface area contributed by atoms with E-state index in [1.54, 1.807) is 30.0 Å². The van der Waals surface area contributed by atoms with Crippen LogP contribution in [-0.2, 0) is 4.84 Å². The summed E-state index contributed by atoms with van der Waals surface area (Å²) in [5.74, 6) is 0.298. The fourth-order valence-electron chi connectivity index (χ4n) is 2.00. The molecule has 1 rings (SSSR count). The summed E-state index contributed by atoms with van der Waals surface area (Å²) in [5, 5.41) is 7.33. The second-order valence-electron chi connectivity index (χ2n) is 5.52. The lowest BCUT2D eigenvalue weighted by Gasteiger charge is -2.11. The van der Waals surface area contributed by atoms with Gasteiger partial charge in [0.05, 0.1) is 5.69 Å². The van der Waals surface area contributed by atoms with E-state index in [0.29, 0.717) is 34.8 Å². The number of aliphatic imine (C=N–C) groups is 1. The molecule has 0 aliphatic carbocycles. The average molecular weight is 328 g/mol. The summed E-state index contributed by atoms with van der Waals surface area (Å²) in [7, 11) is 1.58. The van der Waals surface area contributed by atoms with Crippen LogP contribution in [0.1, 0.15) is 25.3 Å². The van der Waals surface area contributed by atoms with E-state index in [9.17, 15) is 0 Å². The van der Waals surface area contributed by atoms with Crippen molar-refractivity contribution in [2.75, 3.05) is 12.8 Å². The van der Waals surface area contributed by atoms with Gasteiger partial charge >= 0.3 is 0 Å². The highest BCUT2D eigenvalue weighted by Crippen LogP contribution is 2.21. The molecule has 0 aliphatic rings. The standard InChI is InChI=1S/C18H26N5O/c1-12(6-7-13(2)23(4)24-5)14(3)18(21)22-16-8-9-17(20)15(10-16)11-19/h8-11,13,19H,1,3-4,6-7,20H2,2,5H3,(H2,21,22)/q+1. The number of hydroxylamine groups is 1. The number of hydrogen-bond donors (Lipinski definition) is 3. The molecule has 128 valence electrons. The Balaban J connectivity index is 2.77. The van der Waals surface area contributed by atoms with Crippen molar-refractivity contribution in [2.24, 2.45) is 10.7 Å².